The zero-order chi connectivity index (χ0) is 12.3. The fourth-order valence-corrected chi connectivity index (χ4v) is 1.67. The van der Waals surface area contributed by atoms with Crippen LogP contribution in [0, 0.1) is 6.92 Å². The summed E-state index contributed by atoms with van der Waals surface area (Å²) in [4.78, 5) is 6.25. The van der Waals surface area contributed by atoms with Gasteiger partial charge >= 0.3 is 0 Å². The molecule has 16 heavy (non-hydrogen) atoms. The quantitative estimate of drug-likeness (QED) is 0.804. The molecule has 2 N–H and O–H groups in total. The highest BCUT2D eigenvalue weighted by atomic mass is 16.3. The summed E-state index contributed by atoms with van der Waals surface area (Å²) in [5.74, 6) is 0.770. The summed E-state index contributed by atoms with van der Waals surface area (Å²) in [7, 11) is 1.88. The minimum Gasteiger partial charge on any atom is -0.392 e. The van der Waals surface area contributed by atoms with Gasteiger partial charge < -0.3 is 15.1 Å². The summed E-state index contributed by atoms with van der Waals surface area (Å²) in [5, 5.41) is 18.8. The number of aliphatic hydroxyl groups is 2. The summed E-state index contributed by atoms with van der Waals surface area (Å²) in [6.07, 6.45) is 0. The first-order chi connectivity index (χ1) is 7.31. The van der Waals surface area contributed by atoms with Crippen LogP contribution in [0.3, 0.4) is 0 Å². The van der Waals surface area contributed by atoms with Gasteiger partial charge in [-0.3, -0.25) is 0 Å². The molecule has 0 radical (unpaired) electrons. The third-order valence-electron chi connectivity index (χ3n) is 2.20. The molecule has 0 amide bonds. The van der Waals surface area contributed by atoms with Crippen LogP contribution in [0.25, 0.3) is 0 Å². The number of aromatic nitrogens is 1. The molecular formula is C12H20N2O2. The summed E-state index contributed by atoms with van der Waals surface area (Å²) >= 11 is 0. The van der Waals surface area contributed by atoms with Gasteiger partial charge in [0.15, 0.2) is 0 Å². The number of hydrogen-bond acceptors (Lipinski definition) is 4. The average Bonchev–Trinajstić information content (AvgIpc) is 2.14. The van der Waals surface area contributed by atoms with Crippen LogP contribution in [-0.2, 0) is 6.61 Å². The highest BCUT2D eigenvalue weighted by Gasteiger charge is 2.17. The van der Waals surface area contributed by atoms with Gasteiger partial charge in [-0.25, -0.2) is 4.98 Å². The Kier molecular flexibility index (Phi) is 3.88. The lowest BCUT2D eigenvalue weighted by Crippen LogP contribution is -2.36. The van der Waals surface area contributed by atoms with E-state index in [2.05, 4.69) is 4.98 Å². The lowest BCUT2D eigenvalue weighted by Gasteiger charge is -2.26. The molecular weight excluding hydrogens is 204 g/mol. The van der Waals surface area contributed by atoms with Crippen molar-refractivity contribution in [3.05, 3.63) is 23.4 Å². The van der Waals surface area contributed by atoms with E-state index >= 15 is 0 Å². The monoisotopic (exact) mass is 224 g/mol. The van der Waals surface area contributed by atoms with Gasteiger partial charge in [0, 0.05) is 19.3 Å². The molecule has 0 aliphatic rings. The number of aryl methyl sites for hydroxylation is 1. The predicted molar refractivity (Wildman–Crippen MR) is 64.5 cm³/mol. The molecule has 0 saturated carbocycles. The normalized spacial score (nSPS) is 11.6. The molecule has 4 heteroatoms. The summed E-state index contributed by atoms with van der Waals surface area (Å²) in [6, 6.07) is 3.68. The topological polar surface area (TPSA) is 56.6 Å². The molecule has 0 aromatic carbocycles. The lowest BCUT2D eigenvalue weighted by molar-refractivity contribution is 0.0884. The molecule has 0 saturated heterocycles. The van der Waals surface area contributed by atoms with Crippen LogP contribution in [0.15, 0.2) is 12.1 Å². The van der Waals surface area contributed by atoms with Crippen molar-refractivity contribution in [3.8, 4) is 0 Å². The van der Waals surface area contributed by atoms with Crippen molar-refractivity contribution in [1.82, 2.24) is 4.98 Å². The zero-order valence-corrected chi connectivity index (χ0v) is 10.4. The summed E-state index contributed by atoms with van der Waals surface area (Å²) in [6.45, 7) is 5.90. The maximum absolute atomic E-state index is 9.73. The van der Waals surface area contributed by atoms with Crippen LogP contribution in [0.2, 0.25) is 0 Å². The number of aliphatic hydroxyl groups excluding tert-OH is 1. The Balaban J connectivity index is 2.90. The molecule has 1 heterocycles. The lowest BCUT2D eigenvalue weighted by atomic mass is 10.1. The van der Waals surface area contributed by atoms with Gasteiger partial charge in [0.25, 0.3) is 0 Å². The molecule has 0 aliphatic heterocycles. The van der Waals surface area contributed by atoms with Crippen LogP contribution in [0.4, 0.5) is 5.82 Å². The van der Waals surface area contributed by atoms with E-state index in [4.69, 9.17) is 5.11 Å². The van der Waals surface area contributed by atoms with Gasteiger partial charge in [-0.15, -0.1) is 0 Å². The summed E-state index contributed by atoms with van der Waals surface area (Å²) in [5.41, 5.74) is 0.939. The Bertz CT molecular complexity index is 359. The van der Waals surface area contributed by atoms with Crippen molar-refractivity contribution in [3.63, 3.8) is 0 Å². The van der Waals surface area contributed by atoms with Crippen molar-refractivity contribution in [2.45, 2.75) is 33.0 Å². The van der Waals surface area contributed by atoms with E-state index in [1.54, 1.807) is 13.8 Å². The van der Waals surface area contributed by atoms with Crippen molar-refractivity contribution < 1.29 is 10.2 Å². The predicted octanol–water partition coefficient (Wildman–Crippen LogP) is 1.09. The first kappa shape index (κ1) is 12.9. The highest BCUT2D eigenvalue weighted by Crippen LogP contribution is 2.16. The number of hydrogen-bond donors (Lipinski definition) is 2. The minimum atomic E-state index is -0.764. The number of pyridine rings is 1. The van der Waals surface area contributed by atoms with Crippen LogP contribution in [-0.4, -0.2) is 34.4 Å². The van der Waals surface area contributed by atoms with Crippen LogP contribution in [0.1, 0.15) is 25.1 Å². The SMILES string of the molecule is Cc1cc(CO)cc(N(C)CC(C)(C)O)n1. The average molecular weight is 224 g/mol. The van der Waals surface area contributed by atoms with E-state index in [-0.39, 0.29) is 6.61 Å². The smallest absolute Gasteiger partial charge is 0.128 e. The van der Waals surface area contributed by atoms with E-state index in [0.29, 0.717) is 6.54 Å². The zero-order valence-electron chi connectivity index (χ0n) is 10.4. The Morgan fingerprint density at radius 2 is 2.00 bits per heavy atom. The van der Waals surface area contributed by atoms with E-state index in [9.17, 15) is 5.11 Å². The standard InChI is InChI=1S/C12H20N2O2/c1-9-5-10(7-15)6-11(13-9)14(4)8-12(2,3)16/h5-6,15-16H,7-8H2,1-4H3. The highest BCUT2D eigenvalue weighted by molar-refractivity contribution is 5.42. The Labute approximate surface area is 96.6 Å². The second kappa shape index (κ2) is 4.80. The second-order valence-corrected chi connectivity index (χ2v) is 4.80. The third-order valence-corrected chi connectivity index (χ3v) is 2.20. The van der Waals surface area contributed by atoms with Gasteiger partial charge in [-0.1, -0.05) is 0 Å². The van der Waals surface area contributed by atoms with Gasteiger partial charge in [-0.2, -0.15) is 0 Å². The molecule has 1 rings (SSSR count). The Morgan fingerprint density at radius 3 is 2.50 bits per heavy atom. The maximum Gasteiger partial charge on any atom is 0.128 e. The largest absolute Gasteiger partial charge is 0.392 e. The molecule has 90 valence electrons. The molecule has 0 atom stereocenters. The molecule has 0 aliphatic carbocycles. The number of rotatable bonds is 4. The first-order valence-electron chi connectivity index (χ1n) is 5.34. The second-order valence-electron chi connectivity index (χ2n) is 4.80. The van der Waals surface area contributed by atoms with Gasteiger partial charge in [0.2, 0.25) is 0 Å². The van der Waals surface area contributed by atoms with Crippen LogP contribution in [0.5, 0.6) is 0 Å². The van der Waals surface area contributed by atoms with E-state index < -0.39 is 5.60 Å². The Hall–Kier alpha value is -1.13. The van der Waals surface area contributed by atoms with E-state index in [1.165, 1.54) is 0 Å². The van der Waals surface area contributed by atoms with Crippen molar-refractivity contribution in [2.24, 2.45) is 0 Å². The number of likely N-dealkylation sites (N-methyl/N-ethyl adjacent to an activating group) is 1. The molecule has 0 bridgehead atoms. The van der Waals surface area contributed by atoms with Crippen LogP contribution < -0.4 is 4.90 Å². The van der Waals surface area contributed by atoms with E-state index in [0.717, 1.165) is 17.1 Å². The fraction of sp³-hybridized carbons (Fsp3) is 0.583. The third kappa shape index (κ3) is 3.79. The van der Waals surface area contributed by atoms with Crippen molar-refractivity contribution >= 4 is 5.82 Å². The first-order valence-corrected chi connectivity index (χ1v) is 5.34. The molecule has 0 fully saturated rings. The van der Waals surface area contributed by atoms with Gasteiger partial charge in [0.05, 0.1) is 12.2 Å². The molecule has 0 spiro atoms. The molecule has 1 aromatic heterocycles. The van der Waals surface area contributed by atoms with E-state index in [1.807, 2.05) is 31.0 Å². The van der Waals surface area contributed by atoms with Crippen molar-refractivity contribution in [1.29, 1.82) is 0 Å². The number of nitrogens with zero attached hydrogens (tertiary/aromatic N) is 2. The Morgan fingerprint density at radius 1 is 1.38 bits per heavy atom. The molecule has 0 unspecified atom stereocenters. The van der Waals surface area contributed by atoms with Crippen LogP contribution >= 0.6 is 0 Å². The van der Waals surface area contributed by atoms with Crippen molar-refractivity contribution in [2.75, 3.05) is 18.5 Å². The number of anilines is 1. The molecule has 4 nitrogen and oxygen atoms in total. The summed E-state index contributed by atoms with van der Waals surface area (Å²) < 4.78 is 0. The fourth-order valence-electron chi connectivity index (χ4n) is 1.67. The van der Waals surface area contributed by atoms with Gasteiger partial charge in [0.1, 0.15) is 5.82 Å². The molecule has 1 aromatic rings. The maximum atomic E-state index is 9.73. The van der Waals surface area contributed by atoms with Gasteiger partial charge in [-0.05, 0) is 38.5 Å². The minimum absolute atomic E-state index is 0.00666.